The molecule has 2 aromatic rings. The number of rotatable bonds is 5. The minimum Gasteiger partial charge on any atom is -0.508 e. The van der Waals surface area contributed by atoms with Crippen molar-refractivity contribution in [2.45, 2.75) is 31.3 Å². The molecule has 2 N–H and O–H groups in total. The van der Waals surface area contributed by atoms with Crippen molar-refractivity contribution < 1.29 is 5.11 Å². The van der Waals surface area contributed by atoms with Crippen LogP contribution in [0, 0.1) is 0 Å². The fourth-order valence-electron chi connectivity index (χ4n) is 2.09. The number of hydrogen-bond acceptors (Lipinski definition) is 4. The molecule has 0 aliphatic rings. The predicted octanol–water partition coefficient (Wildman–Crippen LogP) is 2.74. The molecule has 1 aromatic carbocycles. The first-order valence-corrected chi connectivity index (χ1v) is 7.81. The minimum absolute atomic E-state index is 0.115. The number of aromatic amines is 1. The van der Waals surface area contributed by atoms with Crippen LogP contribution in [0.5, 0.6) is 5.75 Å². The number of phenols is 1. The van der Waals surface area contributed by atoms with Crippen LogP contribution >= 0.6 is 11.8 Å². The van der Waals surface area contributed by atoms with Gasteiger partial charge in [-0.3, -0.25) is 4.79 Å². The molecular formula is C15H18N2O2S. The van der Waals surface area contributed by atoms with E-state index < -0.39 is 0 Å². The molecule has 0 saturated carbocycles. The van der Waals surface area contributed by atoms with Crippen LogP contribution in [0.1, 0.15) is 30.2 Å². The number of phenolic OH excluding ortho intramolecular Hbond substituents is 1. The molecule has 2 rings (SSSR count). The first-order valence-electron chi connectivity index (χ1n) is 6.58. The second-order valence-electron chi connectivity index (χ2n) is 4.56. The molecule has 0 fully saturated rings. The van der Waals surface area contributed by atoms with Crippen LogP contribution in [-0.2, 0) is 12.8 Å². The molecule has 1 aromatic heterocycles. The average Bonchev–Trinajstić information content (AvgIpc) is 2.44. The topological polar surface area (TPSA) is 66.0 Å². The second-order valence-corrected chi connectivity index (χ2v) is 5.35. The molecule has 0 saturated heterocycles. The lowest BCUT2D eigenvalue weighted by molar-refractivity contribution is 0.469. The van der Waals surface area contributed by atoms with Gasteiger partial charge in [0.2, 0.25) is 0 Å². The molecule has 106 valence electrons. The lowest BCUT2D eigenvalue weighted by atomic mass is 10.0. The minimum atomic E-state index is -0.115. The van der Waals surface area contributed by atoms with Crippen molar-refractivity contribution in [2.24, 2.45) is 0 Å². The molecule has 0 aliphatic carbocycles. The Morgan fingerprint density at radius 1 is 1.35 bits per heavy atom. The van der Waals surface area contributed by atoms with Gasteiger partial charge >= 0.3 is 0 Å². The van der Waals surface area contributed by atoms with E-state index in [9.17, 15) is 9.90 Å². The maximum Gasteiger partial charge on any atom is 0.255 e. The van der Waals surface area contributed by atoms with Gasteiger partial charge in [-0.25, -0.2) is 4.98 Å². The quantitative estimate of drug-likeness (QED) is 0.656. The number of aryl methyl sites for hydroxylation is 1. The van der Waals surface area contributed by atoms with Gasteiger partial charge in [-0.1, -0.05) is 43.3 Å². The monoisotopic (exact) mass is 290 g/mol. The predicted molar refractivity (Wildman–Crippen MR) is 81.5 cm³/mol. The summed E-state index contributed by atoms with van der Waals surface area (Å²) in [5.74, 6) is 0.211. The number of benzene rings is 1. The summed E-state index contributed by atoms with van der Waals surface area (Å²) in [5, 5.41) is 10.5. The number of hydrogen-bond donors (Lipinski definition) is 2. The first kappa shape index (κ1) is 14.7. The molecule has 0 unspecified atom stereocenters. The lowest BCUT2D eigenvalue weighted by Crippen LogP contribution is -2.19. The van der Waals surface area contributed by atoms with E-state index in [2.05, 4.69) is 16.9 Å². The Bertz CT molecular complexity index is 653. The van der Waals surface area contributed by atoms with E-state index in [0.29, 0.717) is 17.1 Å². The van der Waals surface area contributed by atoms with Gasteiger partial charge in [-0.2, -0.15) is 0 Å². The highest BCUT2D eigenvalue weighted by atomic mass is 32.2. The number of aromatic nitrogens is 2. The van der Waals surface area contributed by atoms with Crippen molar-refractivity contribution in [1.29, 1.82) is 0 Å². The van der Waals surface area contributed by atoms with Crippen molar-refractivity contribution >= 4 is 11.8 Å². The smallest absolute Gasteiger partial charge is 0.255 e. The number of aromatic hydroxyl groups is 1. The van der Waals surface area contributed by atoms with Gasteiger partial charge in [0.15, 0.2) is 5.16 Å². The van der Waals surface area contributed by atoms with Gasteiger partial charge in [0.25, 0.3) is 5.56 Å². The van der Waals surface area contributed by atoms with Crippen molar-refractivity contribution in [1.82, 2.24) is 9.97 Å². The van der Waals surface area contributed by atoms with E-state index in [4.69, 9.17) is 0 Å². The fraction of sp³-hybridized carbons (Fsp3) is 0.333. The first-order chi connectivity index (χ1) is 9.65. The lowest BCUT2D eigenvalue weighted by Gasteiger charge is -2.09. The summed E-state index contributed by atoms with van der Waals surface area (Å²) in [4.78, 5) is 19.5. The van der Waals surface area contributed by atoms with E-state index >= 15 is 0 Å². The van der Waals surface area contributed by atoms with E-state index in [-0.39, 0.29) is 11.3 Å². The van der Waals surface area contributed by atoms with Gasteiger partial charge in [0, 0.05) is 12.0 Å². The number of H-pyrrole nitrogens is 1. The molecule has 0 bridgehead atoms. The van der Waals surface area contributed by atoms with Gasteiger partial charge < -0.3 is 10.1 Å². The van der Waals surface area contributed by atoms with E-state index in [1.807, 2.05) is 18.4 Å². The molecule has 0 atom stereocenters. The van der Waals surface area contributed by atoms with Crippen LogP contribution in [0.3, 0.4) is 0 Å². The number of para-hydroxylation sites is 1. The Kier molecular flexibility index (Phi) is 4.84. The Labute approximate surface area is 122 Å². The Balaban J connectivity index is 2.45. The van der Waals surface area contributed by atoms with Crippen molar-refractivity contribution in [2.75, 3.05) is 6.26 Å². The summed E-state index contributed by atoms with van der Waals surface area (Å²) in [6, 6.07) is 7.08. The zero-order chi connectivity index (χ0) is 14.5. The van der Waals surface area contributed by atoms with E-state index in [0.717, 1.165) is 24.1 Å². The highest BCUT2D eigenvalue weighted by molar-refractivity contribution is 7.98. The third-order valence-corrected chi connectivity index (χ3v) is 3.70. The molecule has 20 heavy (non-hydrogen) atoms. The molecule has 5 heteroatoms. The third kappa shape index (κ3) is 3.22. The highest BCUT2D eigenvalue weighted by Crippen LogP contribution is 2.20. The maximum absolute atomic E-state index is 12.2. The summed E-state index contributed by atoms with van der Waals surface area (Å²) >= 11 is 1.43. The Morgan fingerprint density at radius 2 is 2.10 bits per heavy atom. The molecule has 0 radical (unpaired) electrons. The number of nitrogens with zero attached hydrogens (tertiary/aromatic N) is 1. The van der Waals surface area contributed by atoms with Crippen molar-refractivity contribution in [3.63, 3.8) is 0 Å². The van der Waals surface area contributed by atoms with Gasteiger partial charge in [-0.15, -0.1) is 0 Å². The molecular weight excluding hydrogens is 272 g/mol. The Morgan fingerprint density at radius 3 is 2.75 bits per heavy atom. The molecule has 4 nitrogen and oxygen atoms in total. The Hall–Kier alpha value is -1.75. The molecule has 0 amide bonds. The number of nitrogens with one attached hydrogen (secondary N) is 1. The molecule has 0 aliphatic heterocycles. The second kappa shape index (κ2) is 6.61. The zero-order valence-electron chi connectivity index (χ0n) is 11.6. The summed E-state index contributed by atoms with van der Waals surface area (Å²) in [5.41, 5.74) is 2.10. The van der Waals surface area contributed by atoms with Crippen LogP contribution in [0.25, 0.3) is 0 Å². The average molecular weight is 290 g/mol. The maximum atomic E-state index is 12.2. The zero-order valence-corrected chi connectivity index (χ0v) is 12.5. The molecule has 0 spiro atoms. The third-order valence-electron chi connectivity index (χ3n) is 3.12. The standard InChI is InChI=1S/C15H18N2O2S/c1-3-6-12-11(14(19)17-15(16-12)20-2)9-10-7-4-5-8-13(10)18/h4-5,7-8,18H,3,6,9H2,1-2H3,(H,16,17,19). The SMILES string of the molecule is CCCc1nc(SC)[nH]c(=O)c1Cc1ccccc1O. The summed E-state index contributed by atoms with van der Waals surface area (Å²) in [7, 11) is 0. The van der Waals surface area contributed by atoms with Crippen LogP contribution in [0.4, 0.5) is 0 Å². The van der Waals surface area contributed by atoms with E-state index in [1.165, 1.54) is 11.8 Å². The van der Waals surface area contributed by atoms with Crippen molar-refractivity contribution in [3.8, 4) is 5.75 Å². The number of thioether (sulfide) groups is 1. The van der Waals surface area contributed by atoms with Crippen molar-refractivity contribution in [3.05, 3.63) is 51.4 Å². The van der Waals surface area contributed by atoms with Crippen LogP contribution < -0.4 is 5.56 Å². The largest absolute Gasteiger partial charge is 0.508 e. The summed E-state index contributed by atoms with van der Waals surface area (Å²) < 4.78 is 0. The highest BCUT2D eigenvalue weighted by Gasteiger charge is 2.13. The summed E-state index contributed by atoms with van der Waals surface area (Å²) in [6.45, 7) is 2.06. The van der Waals surface area contributed by atoms with Gasteiger partial charge in [-0.05, 0) is 24.3 Å². The van der Waals surface area contributed by atoms with Gasteiger partial charge in [0.05, 0.1) is 5.69 Å². The van der Waals surface area contributed by atoms with Crippen LogP contribution in [0.15, 0.2) is 34.2 Å². The molecule has 1 heterocycles. The van der Waals surface area contributed by atoms with Crippen LogP contribution in [0.2, 0.25) is 0 Å². The summed E-state index contributed by atoms with van der Waals surface area (Å²) in [6.07, 6.45) is 3.98. The fourth-order valence-corrected chi connectivity index (χ4v) is 2.49. The van der Waals surface area contributed by atoms with E-state index in [1.54, 1.807) is 12.1 Å². The van der Waals surface area contributed by atoms with Crippen LogP contribution in [-0.4, -0.2) is 21.3 Å². The normalized spacial score (nSPS) is 10.7. The van der Waals surface area contributed by atoms with Gasteiger partial charge in [0.1, 0.15) is 5.75 Å².